The lowest BCUT2D eigenvalue weighted by Crippen LogP contribution is -2.07. The van der Waals surface area contributed by atoms with Gasteiger partial charge in [-0.2, -0.15) is 0 Å². The van der Waals surface area contributed by atoms with Gasteiger partial charge in [0.1, 0.15) is 5.82 Å². The summed E-state index contributed by atoms with van der Waals surface area (Å²) in [5.74, 6) is -0.0506. The average Bonchev–Trinajstić information content (AvgIpc) is 2.18. The van der Waals surface area contributed by atoms with Crippen LogP contribution < -0.4 is 11.1 Å². The maximum Gasteiger partial charge on any atom is 0.303 e. The number of hydrogen-bond donors (Lipinski definition) is 3. The second-order valence-electron chi connectivity index (χ2n) is 3.30. The fraction of sp³-hybridized carbons (Fsp3) is 0.400. The molecular formula is C10H15N3O2. The second-order valence-corrected chi connectivity index (χ2v) is 3.30. The number of hydrogen-bond acceptors (Lipinski definition) is 4. The smallest absolute Gasteiger partial charge is 0.303 e. The molecule has 15 heavy (non-hydrogen) atoms. The number of nitrogens with two attached hydrogens (primary N) is 1. The highest BCUT2D eigenvalue weighted by Crippen LogP contribution is 2.11. The van der Waals surface area contributed by atoms with E-state index in [1.54, 1.807) is 12.1 Å². The van der Waals surface area contributed by atoms with Gasteiger partial charge in [0.25, 0.3) is 0 Å². The van der Waals surface area contributed by atoms with E-state index in [0.717, 1.165) is 11.5 Å². The van der Waals surface area contributed by atoms with Crippen molar-refractivity contribution >= 4 is 17.5 Å². The predicted octanol–water partition coefficient (Wildman–Crippen LogP) is 1.25. The largest absolute Gasteiger partial charge is 0.481 e. The van der Waals surface area contributed by atoms with E-state index in [1.807, 2.05) is 6.92 Å². The van der Waals surface area contributed by atoms with Crippen LogP contribution in [-0.4, -0.2) is 22.6 Å². The van der Waals surface area contributed by atoms with Gasteiger partial charge in [-0.15, -0.1) is 0 Å². The second kappa shape index (κ2) is 5.19. The maximum absolute atomic E-state index is 10.2. The molecule has 1 aromatic heterocycles. The molecule has 82 valence electrons. The third-order valence-electron chi connectivity index (χ3n) is 2.00. The summed E-state index contributed by atoms with van der Waals surface area (Å²) in [5, 5.41) is 11.5. The summed E-state index contributed by atoms with van der Waals surface area (Å²) in [4.78, 5) is 14.5. The zero-order valence-electron chi connectivity index (χ0n) is 8.66. The van der Waals surface area contributed by atoms with Crippen molar-refractivity contribution in [1.82, 2.24) is 4.98 Å². The number of carboxylic acid groups (broad SMARTS) is 1. The summed E-state index contributed by atoms with van der Waals surface area (Å²) >= 11 is 0. The normalized spacial score (nSPS) is 9.93. The number of anilines is 2. The van der Waals surface area contributed by atoms with Crippen LogP contribution in [0.1, 0.15) is 18.5 Å². The molecule has 0 unspecified atom stereocenters. The Kier molecular flexibility index (Phi) is 3.91. The highest BCUT2D eigenvalue weighted by Gasteiger charge is 1.99. The Hall–Kier alpha value is -1.78. The molecule has 4 N–H and O–H groups in total. The van der Waals surface area contributed by atoms with Crippen LogP contribution in [0.25, 0.3) is 0 Å². The number of nitrogens with zero attached hydrogens (tertiary/aromatic N) is 1. The molecule has 0 radical (unpaired) electrons. The topological polar surface area (TPSA) is 88.2 Å². The third kappa shape index (κ3) is 3.84. The number of aryl methyl sites for hydroxylation is 1. The molecule has 0 aliphatic rings. The standard InChI is InChI=1S/C10H15N3O2/c1-7-8(11)4-5-9(13-7)12-6-2-3-10(14)15/h4-5H,2-3,6,11H2,1H3,(H,12,13)(H,14,15). The van der Waals surface area contributed by atoms with Crippen molar-refractivity contribution in [2.75, 3.05) is 17.6 Å². The van der Waals surface area contributed by atoms with Gasteiger partial charge >= 0.3 is 5.97 Å². The van der Waals surface area contributed by atoms with E-state index in [1.165, 1.54) is 0 Å². The van der Waals surface area contributed by atoms with Crippen molar-refractivity contribution in [3.63, 3.8) is 0 Å². The number of nitrogen functional groups attached to an aromatic ring is 1. The summed E-state index contributed by atoms with van der Waals surface area (Å²) in [7, 11) is 0. The van der Waals surface area contributed by atoms with E-state index in [-0.39, 0.29) is 6.42 Å². The summed E-state index contributed by atoms with van der Waals surface area (Å²) < 4.78 is 0. The van der Waals surface area contributed by atoms with Crippen LogP contribution in [0.4, 0.5) is 11.5 Å². The van der Waals surface area contributed by atoms with Gasteiger partial charge in [0, 0.05) is 13.0 Å². The van der Waals surface area contributed by atoms with Gasteiger partial charge in [-0.05, 0) is 25.5 Å². The first-order valence-corrected chi connectivity index (χ1v) is 4.78. The van der Waals surface area contributed by atoms with Crippen LogP contribution in [0.5, 0.6) is 0 Å². The van der Waals surface area contributed by atoms with Gasteiger partial charge in [-0.3, -0.25) is 4.79 Å². The molecule has 0 aliphatic carbocycles. The molecule has 0 aromatic carbocycles. The van der Waals surface area contributed by atoms with Gasteiger partial charge in [-0.1, -0.05) is 0 Å². The van der Waals surface area contributed by atoms with Crippen LogP contribution in [0.2, 0.25) is 0 Å². The van der Waals surface area contributed by atoms with E-state index in [0.29, 0.717) is 18.7 Å². The van der Waals surface area contributed by atoms with E-state index >= 15 is 0 Å². The molecule has 1 aromatic rings. The lowest BCUT2D eigenvalue weighted by atomic mass is 10.3. The van der Waals surface area contributed by atoms with E-state index < -0.39 is 5.97 Å². The number of carbonyl (C=O) groups is 1. The number of rotatable bonds is 5. The lowest BCUT2D eigenvalue weighted by Gasteiger charge is -2.06. The quantitative estimate of drug-likeness (QED) is 0.635. The van der Waals surface area contributed by atoms with E-state index in [4.69, 9.17) is 10.8 Å². The van der Waals surface area contributed by atoms with Gasteiger partial charge in [0.05, 0.1) is 11.4 Å². The first kappa shape index (κ1) is 11.3. The summed E-state index contributed by atoms with van der Waals surface area (Å²) in [6.07, 6.45) is 0.751. The van der Waals surface area contributed by atoms with Crippen molar-refractivity contribution in [1.29, 1.82) is 0 Å². The highest BCUT2D eigenvalue weighted by atomic mass is 16.4. The number of pyridine rings is 1. The molecular weight excluding hydrogens is 194 g/mol. The molecule has 0 atom stereocenters. The Balaban J connectivity index is 2.38. The minimum atomic E-state index is -0.779. The molecule has 0 fully saturated rings. The maximum atomic E-state index is 10.2. The fourth-order valence-electron chi connectivity index (χ4n) is 1.13. The van der Waals surface area contributed by atoms with Crippen LogP contribution in [0.15, 0.2) is 12.1 Å². The molecule has 1 heterocycles. The summed E-state index contributed by atoms with van der Waals surface area (Å²) in [5.41, 5.74) is 7.05. The van der Waals surface area contributed by atoms with Gasteiger partial charge < -0.3 is 16.2 Å². The minimum absolute atomic E-state index is 0.168. The third-order valence-corrected chi connectivity index (χ3v) is 2.00. The highest BCUT2D eigenvalue weighted by molar-refractivity contribution is 5.66. The minimum Gasteiger partial charge on any atom is -0.481 e. The Morgan fingerprint density at radius 1 is 1.60 bits per heavy atom. The number of aromatic nitrogens is 1. The van der Waals surface area contributed by atoms with Crippen LogP contribution in [-0.2, 0) is 4.79 Å². The first-order chi connectivity index (χ1) is 7.09. The number of aliphatic carboxylic acids is 1. The number of carboxylic acids is 1. The van der Waals surface area contributed by atoms with E-state index in [9.17, 15) is 4.79 Å². The van der Waals surface area contributed by atoms with Gasteiger partial charge in [0.15, 0.2) is 0 Å². The van der Waals surface area contributed by atoms with Crippen molar-refractivity contribution in [3.8, 4) is 0 Å². The fourth-order valence-corrected chi connectivity index (χ4v) is 1.13. The molecule has 5 heteroatoms. The molecule has 0 aliphatic heterocycles. The van der Waals surface area contributed by atoms with Crippen molar-refractivity contribution < 1.29 is 9.90 Å². The zero-order chi connectivity index (χ0) is 11.3. The lowest BCUT2D eigenvalue weighted by molar-refractivity contribution is -0.137. The van der Waals surface area contributed by atoms with Gasteiger partial charge in [0.2, 0.25) is 0 Å². The Morgan fingerprint density at radius 3 is 2.93 bits per heavy atom. The van der Waals surface area contributed by atoms with Gasteiger partial charge in [-0.25, -0.2) is 4.98 Å². The molecule has 0 saturated heterocycles. The van der Waals surface area contributed by atoms with Crippen molar-refractivity contribution in [2.24, 2.45) is 0 Å². The SMILES string of the molecule is Cc1nc(NCCCC(=O)O)ccc1N. The predicted molar refractivity (Wildman–Crippen MR) is 58.7 cm³/mol. The molecule has 0 bridgehead atoms. The molecule has 0 saturated carbocycles. The van der Waals surface area contributed by atoms with Crippen molar-refractivity contribution in [2.45, 2.75) is 19.8 Å². The Labute approximate surface area is 88.3 Å². The molecule has 5 nitrogen and oxygen atoms in total. The van der Waals surface area contributed by atoms with Crippen molar-refractivity contribution in [3.05, 3.63) is 17.8 Å². The zero-order valence-corrected chi connectivity index (χ0v) is 8.66. The number of nitrogens with one attached hydrogen (secondary N) is 1. The van der Waals surface area contributed by atoms with Crippen LogP contribution >= 0.6 is 0 Å². The Bertz CT molecular complexity index is 353. The van der Waals surface area contributed by atoms with Crippen LogP contribution in [0, 0.1) is 6.92 Å². The van der Waals surface area contributed by atoms with Crippen LogP contribution in [0.3, 0.4) is 0 Å². The average molecular weight is 209 g/mol. The first-order valence-electron chi connectivity index (χ1n) is 4.78. The molecule has 0 spiro atoms. The molecule has 1 rings (SSSR count). The molecule has 0 amide bonds. The monoisotopic (exact) mass is 209 g/mol. The summed E-state index contributed by atoms with van der Waals surface area (Å²) in [6, 6.07) is 3.56. The Morgan fingerprint density at radius 2 is 2.33 bits per heavy atom. The summed E-state index contributed by atoms with van der Waals surface area (Å²) in [6.45, 7) is 2.43. The van der Waals surface area contributed by atoms with E-state index in [2.05, 4.69) is 10.3 Å².